The number of alkyl halides is 2. The molecule has 0 saturated carbocycles. The van der Waals surface area contributed by atoms with Gasteiger partial charge in [0.05, 0.1) is 17.0 Å². The van der Waals surface area contributed by atoms with E-state index in [0.717, 1.165) is 48.1 Å². The molecule has 4 heterocycles. The van der Waals surface area contributed by atoms with Crippen LogP contribution in [0.25, 0.3) is 11.0 Å². The minimum Gasteiger partial charge on any atom is -0.490 e. The Bertz CT molecular complexity index is 1550. The second-order valence-corrected chi connectivity index (χ2v) is 10.7. The maximum Gasteiger partial charge on any atom is 0.322 e. The molecule has 0 aliphatic carbocycles. The molecule has 0 unspecified atom stereocenters. The van der Waals surface area contributed by atoms with E-state index in [2.05, 4.69) is 20.2 Å². The van der Waals surface area contributed by atoms with Crippen LogP contribution in [-0.4, -0.2) is 58.6 Å². The van der Waals surface area contributed by atoms with Gasteiger partial charge in [0.15, 0.2) is 0 Å². The first-order chi connectivity index (χ1) is 19.9. The van der Waals surface area contributed by atoms with E-state index in [1.165, 1.54) is 12.1 Å². The summed E-state index contributed by atoms with van der Waals surface area (Å²) < 4.78 is 40.1. The molecule has 4 aromatic rings. The standard InChI is InChI=1S/C31H33F2N5O3/c1-19-25-18-23(41-28-8-13-35-30-24(28)7-12-34-30)5-3-20(25)9-16-38(19)31(39)36-21-4-6-27(26(17-21)29(32)33)40-22-10-14-37(2)15-11-22/h3-8,12-13,17-19,22,29H,9-11,14-16H2,1-2H3,(H,34,35)(H,36,39)/t19-/m0/s1. The number of benzene rings is 2. The molecule has 0 bridgehead atoms. The van der Waals surface area contributed by atoms with Gasteiger partial charge in [0.2, 0.25) is 0 Å². The zero-order chi connectivity index (χ0) is 28.5. The number of carbonyl (C=O) groups is 1. The lowest BCUT2D eigenvalue weighted by Gasteiger charge is -2.35. The second-order valence-electron chi connectivity index (χ2n) is 10.7. The number of hydrogen-bond acceptors (Lipinski definition) is 5. The summed E-state index contributed by atoms with van der Waals surface area (Å²) in [5.74, 6) is 1.52. The number of piperidine rings is 1. The largest absolute Gasteiger partial charge is 0.490 e. The minimum atomic E-state index is -2.72. The number of anilines is 1. The number of carbonyl (C=O) groups excluding carboxylic acids is 1. The Hall–Kier alpha value is -4.18. The molecule has 2 aromatic heterocycles. The maximum absolute atomic E-state index is 14.0. The van der Waals surface area contributed by atoms with Gasteiger partial charge in [-0.1, -0.05) is 6.07 Å². The number of aromatic amines is 1. The fourth-order valence-electron chi connectivity index (χ4n) is 5.67. The number of nitrogens with one attached hydrogen (secondary N) is 2. The molecule has 2 N–H and O–H groups in total. The number of ether oxygens (including phenoxy) is 2. The molecular formula is C31H33F2N5O3. The van der Waals surface area contributed by atoms with Gasteiger partial charge in [-0.25, -0.2) is 18.6 Å². The number of urea groups is 1. The van der Waals surface area contributed by atoms with Crippen LogP contribution in [0.5, 0.6) is 17.2 Å². The molecule has 1 fully saturated rings. The third-order valence-corrected chi connectivity index (χ3v) is 8.02. The van der Waals surface area contributed by atoms with Crippen molar-refractivity contribution in [1.29, 1.82) is 0 Å². The lowest BCUT2D eigenvalue weighted by Crippen LogP contribution is -2.41. The number of likely N-dealkylation sites (tertiary alicyclic amines) is 1. The zero-order valence-electron chi connectivity index (χ0n) is 23.1. The Morgan fingerprint density at radius 3 is 2.71 bits per heavy atom. The van der Waals surface area contributed by atoms with Gasteiger partial charge < -0.3 is 29.6 Å². The van der Waals surface area contributed by atoms with Crippen LogP contribution >= 0.6 is 0 Å². The summed E-state index contributed by atoms with van der Waals surface area (Å²) in [6, 6.07) is 13.5. The minimum absolute atomic E-state index is 0.0973. The third-order valence-electron chi connectivity index (χ3n) is 8.02. The topological polar surface area (TPSA) is 82.7 Å². The van der Waals surface area contributed by atoms with E-state index < -0.39 is 6.43 Å². The highest BCUT2D eigenvalue weighted by Crippen LogP contribution is 2.37. The average Bonchev–Trinajstić information content (AvgIpc) is 3.45. The number of halogens is 2. The number of amides is 2. The normalized spacial score (nSPS) is 18.0. The van der Waals surface area contributed by atoms with Crippen molar-refractivity contribution < 1.29 is 23.0 Å². The highest BCUT2D eigenvalue weighted by Gasteiger charge is 2.29. The first-order valence-corrected chi connectivity index (χ1v) is 13.9. The van der Waals surface area contributed by atoms with Gasteiger partial charge in [0.1, 0.15) is 29.0 Å². The molecule has 6 rings (SSSR count). The van der Waals surface area contributed by atoms with Crippen LogP contribution in [0.3, 0.4) is 0 Å². The molecule has 41 heavy (non-hydrogen) atoms. The fourth-order valence-corrected chi connectivity index (χ4v) is 5.67. The number of fused-ring (bicyclic) bond motifs is 2. The molecule has 214 valence electrons. The predicted molar refractivity (Wildman–Crippen MR) is 153 cm³/mol. The van der Waals surface area contributed by atoms with Crippen molar-refractivity contribution >= 4 is 22.8 Å². The summed E-state index contributed by atoms with van der Waals surface area (Å²) >= 11 is 0. The summed E-state index contributed by atoms with van der Waals surface area (Å²) in [6.07, 6.45) is 2.94. The van der Waals surface area contributed by atoms with Gasteiger partial charge in [-0.15, -0.1) is 0 Å². The van der Waals surface area contributed by atoms with Crippen molar-refractivity contribution in [3.8, 4) is 17.2 Å². The van der Waals surface area contributed by atoms with Gasteiger partial charge >= 0.3 is 6.03 Å². The van der Waals surface area contributed by atoms with Gasteiger partial charge in [0, 0.05) is 37.7 Å². The first kappa shape index (κ1) is 27.0. The van der Waals surface area contributed by atoms with E-state index in [1.54, 1.807) is 17.2 Å². The van der Waals surface area contributed by atoms with Crippen molar-refractivity contribution in [1.82, 2.24) is 19.8 Å². The number of nitrogens with zero attached hydrogens (tertiary/aromatic N) is 3. The van der Waals surface area contributed by atoms with Crippen LogP contribution in [0.15, 0.2) is 60.9 Å². The third kappa shape index (κ3) is 5.69. The molecule has 1 atom stereocenters. The number of rotatable bonds is 6. The Balaban J connectivity index is 1.16. The van der Waals surface area contributed by atoms with Crippen LogP contribution in [0, 0.1) is 0 Å². The molecule has 0 spiro atoms. The number of aromatic nitrogens is 2. The fraction of sp³-hybridized carbons (Fsp3) is 0.355. The molecule has 2 aliphatic heterocycles. The van der Waals surface area contributed by atoms with E-state index in [9.17, 15) is 13.6 Å². The second kappa shape index (κ2) is 11.4. The van der Waals surface area contributed by atoms with Crippen molar-refractivity contribution in [2.45, 2.75) is 44.8 Å². The van der Waals surface area contributed by atoms with Crippen molar-refractivity contribution in [3.63, 3.8) is 0 Å². The van der Waals surface area contributed by atoms with E-state index >= 15 is 0 Å². The summed E-state index contributed by atoms with van der Waals surface area (Å²) in [5.41, 5.74) is 2.97. The maximum atomic E-state index is 14.0. The van der Waals surface area contributed by atoms with Crippen LogP contribution in [0.2, 0.25) is 0 Å². The Morgan fingerprint density at radius 2 is 1.90 bits per heavy atom. The molecule has 2 amide bonds. The van der Waals surface area contributed by atoms with E-state index in [0.29, 0.717) is 30.2 Å². The summed E-state index contributed by atoms with van der Waals surface area (Å²) in [7, 11) is 2.04. The molecule has 10 heteroatoms. The average molecular weight is 562 g/mol. The zero-order valence-corrected chi connectivity index (χ0v) is 23.1. The highest BCUT2D eigenvalue weighted by atomic mass is 19.3. The smallest absolute Gasteiger partial charge is 0.322 e. The van der Waals surface area contributed by atoms with Gasteiger partial charge in [-0.2, -0.15) is 0 Å². The van der Waals surface area contributed by atoms with E-state index in [-0.39, 0.29) is 29.5 Å². The summed E-state index contributed by atoms with van der Waals surface area (Å²) in [5, 5.41) is 3.71. The van der Waals surface area contributed by atoms with E-state index in [4.69, 9.17) is 9.47 Å². The lowest BCUT2D eigenvalue weighted by molar-refractivity contribution is 0.102. The van der Waals surface area contributed by atoms with Crippen molar-refractivity contribution in [2.24, 2.45) is 0 Å². The van der Waals surface area contributed by atoms with Gasteiger partial charge in [-0.3, -0.25) is 0 Å². The molecule has 1 saturated heterocycles. The molecular weight excluding hydrogens is 528 g/mol. The number of hydrogen-bond donors (Lipinski definition) is 2. The van der Waals surface area contributed by atoms with Crippen molar-refractivity contribution in [3.05, 3.63) is 77.6 Å². The Labute approximate surface area is 237 Å². The Morgan fingerprint density at radius 1 is 1.07 bits per heavy atom. The molecule has 0 radical (unpaired) electrons. The van der Waals surface area contributed by atoms with Crippen molar-refractivity contribution in [2.75, 3.05) is 32.0 Å². The van der Waals surface area contributed by atoms with E-state index in [1.807, 2.05) is 50.5 Å². The monoisotopic (exact) mass is 561 g/mol. The van der Waals surface area contributed by atoms with Crippen LogP contribution < -0.4 is 14.8 Å². The van der Waals surface area contributed by atoms with Crippen LogP contribution in [-0.2, 0) is 6.42 Å². The number of pyridine rings is 1. The summed E-state index contributed by atoms with van der Waals surface area (Å²) in [4.78, 5) is 24.6. The predicted octanol–water partition coefficient (Wildman–Crippen LogP) is 6.92. The van der Waals surface area contributed by atoms with Gasteiger partial charge in [-0.05, 0) is 86.8 Å². The lowest BCUT2D eigenvalue weighted by atomic mass is 9.93. The van der Waals surface area contributed by atoms with Crippen LogP contribution in [0.4, 0.5) is 19.3 Å². The number of H-pyrrole nitrogens is 1. The highest BCUT2D eigenvalue weighted by molar-refractivity contribution is 5.90. The molecule has 8 nitrogen and oxygen atoms in total. The molecule has 2 aliphatic rings. The van der Waals surface area contributed by atoms with Crippen LogP contribution in [0.1, 0.15) is 48.9 Å². The van der Waals surface area contributed by atoms with Gasteiger partial charge in [0.25, 0.3) is 6.43 Å². The Kier molecular flexibility index (Phi) is 7.49. The first-order valence-electron chi connectivity index (χ1n) is 13.9. The summed E-state index contributed by atoms with van der Waals surface area (Å²) in [6.45, 7) is 4.21. The quantitative estimate of drug-likeness (QED) is 0.267. The SMILES string of the molecule is C[C@H]1c2cc(Oc3ccnc4[nH]ccc34)ccc2CCN1C(=O)Nc1ccc(OC2CCN(C)CC2)c(C(F)F)c1. The molecule has 2 aromatic carbocycles.